The van der Waals surface area contributed by atoms with Crippen LogP contribution in [0, 0.1) is 16.0 Å². The second-order valence-corrected chi connectivity index (χ2v) is 6.33. The van der Waals surface area contributed by atoms with Gasteiger partial charge >= 0.3 is 0 Å². The summed E-state index contributed by atoms with van der Waals surface area (Å²) in [5.74, 6) is -0.537. The number of nitrogens with zero attached hydrogens (tertiary/aromatic N) is 1. The Bertz CT molecular complexity index is 651. The monoisotopic (exact) mass is 404 g/mol. The van der Waals surface area contributed by atoms with E-state index in [2.05, 4.69) is 16.0 Å². The van der Waals surface area contributed by atoms with Crippen LogP contribution in [0.4, 0.5) is 5.69 Å². The third-order valence-corrected chi connectivity index (χ3v) is 4.41. The van der Waals surface area contributed by atoms with Gasteiger partial charge < -0.3 is 16.0 Å². The summed E-state index contributed by atoms with van der Waals surface area (Å²) < 4.78 is 0. The number of rotatable bonds is 7. The minimum atomic E-state index is -0.746. The van der Waals surface area contributed by atoms with E-state index in [0.717, 1.165) is 32.4 Å². The highest BCUT2D eigenvalue weighted by Gasteiger charge is 2.23. The fourth-order valence-electron chi connectivity index (χ4n) is 2.79. The molecule has 1 unspecified atom stereocenters. The normalized spacial score (nSPS) is 16.3. The molecule has 2 rings (SSSR count). The van der Waals surface area contributed by atoms with Gasteiger partial charge in [0.2, 0.25) is 5.91 Å². The molecule has 0 aliphatic carbocycles. The number of benzene rings is 1. The highest BCUT2D eigenvalue weighted by molar-refractivity contribution is 6.34. The lowest BCUT2D eigenvalue weighted by Crippen LogP contribution is -2.39. The van der Waals surface area contributed by atoms with E-state index in [9.17, 15) is 19.7 Å². The second-order valence-electron chi connectivity index (χ2n) is 5.92. The third kappa shape index (κ3) is 6.44. The average Bonchev–Trinajstić information content (AvgIpc) is 2.60. The van der Waals surface area contributed by atoms with Crippen LogP contribution in [-0.4, -0.2) is 42.9 Å². The van der Waals surface area contributed by atoms with Crippen molar-refractivity contribution in [2.24, 2.45) is 5.92 Å². The molecule has 1 aliphatic heterocycles. The van der Waals surface area contributed by atoms with Gasteiger partial charge in [0.1, 0.15) is 5.56 Å². The zero-order chi connectivity index (χ0) is 18.2. The van der Waals surface area contributed by atoms with Crippen molar-refractivity contribution in [1.29, 1.82) is 0 Å². The summed E-state index contributed by atoms with van der Waals surface area (Å²) in [5.41, 5.74) is -0.634. The second kappa shape index (κ2) is 10.9. The van der Waals surface area contributed by atoms with Crippen LogP contribution in [0.3, 0.4) is 0 Å². The fraction of sp³-hybridized carbons (Fsp3) is 0.500. The third-order valence-electron chi connectivity index (χ3n) is 4.10. The van der Waals surface area contributed by atoms with Crippen LogP contribution in [0.5, 0.6) is 0 Å². The van der Waals surface area contributed by atoms with Crippen LogP contribution in [0.2, 0.25) is 5.02 Å². The molecule has 0 radical (unpaired) electrons. The van der Waals surface area contributed by atoms with E-state index in [-0.39, 0.29) is 35.4 Å². The number of piperidine rings is 1. The van der Waals surface area contributed by atoms with Crippen molar-refractivity contribution >= 4 is 41.5 Å². The van der Waals surface area contributed by atoms with Crippen molar-refractivity contribution in [3.8, 4) is 0 Å². The van der Waals surface area contributed by atoms with Gasteiger partial charge in [0.15, 0.2) is 0 Å². The van der Waals surface area contributed by atoms with Crippen LogP contribution in [0.1, 0.15) is 29.6 Å². The molecule has 0 spiro atoms. The summed E-state index contributed by atoms with van der Waals surface area (Å²) >= 11 is 5.88. The van der Waals surface area contributed by atoms with Crippen LogP contribution >= 0.6 is 24.0 Å². The Balaban J connectivity index is 0.00000338. The smallest absolute Gasteiger partial charge is 0.283 e. The average molecular weight is 405 g/mol. The predicted octanol–water partition coefficient (Wildman–Crippen LogP) is 1.91. The van der Waals surface area contributed by atoms with E-state index in [1.165, 1.54) is 18.2 Å². The number of amides is 2. The molecule has 1 aromatic carbocycles. The summed E-state index contributed by atoms with van der Waals surface area (Å²) in [6.45, 7) is 2.28. The molecular weight excluding hydrogens is 383 g/mol. The quantitative estimate of drug-likeness (QED) is 0.474. The molecule has 1 atom stereocenters. The maximum atomic E-state index is 12.1. The summed E-state index contributed by atoms with van der Waals surface area (Å²) in [6.07, 6.45) is 3.17. The number of carbonyl (C=O) groups excluding carboxylic acids is 2. The first-order valence-electron chi connectivity index (χ1n) is 8.17. The lowest BCUT2D eigenvalue weighted by Gasteiger charge is -2.22. The topological polar surface area (TPSA) is 113 Å². The van der Waals surface area contributed by atoms with E-state index in [1.807, 2.05) is 0 Å². The Kier molecular flexibility index (Phi) is 9.32. The van der Waals surface area contributed by atoms with Crippen molar-refractivity contribution in [2.45, 2.75) is 19.3 Å². The van der Waals surface area contributed by atoms with E-state index in [1.54, 1.807) is 0 Å². The van der Waals surface area contributed by atoms with Gasteiger partial charge in [-0.05, 0) is 44.3 Å². The van der Waals surface area contributed by atoms with Crippen molar-refractivity contribution < 1.29 is 14.5 Å². The largest absolute Gasteiger partial charge is 0.355 e. The molecule has 2 amide bonds. The molecule has 1 aliphatic rings. The Morgan fingerprint density at radius 2 is 2.12 bits per heavy atom. The van der Waals surface area contributed by atoms with E-state index in [0.29, 0.717) is 12.5 Å². The summed E-state index contributed by atoms with van der Waals surface area (Å²) in [6, 6.07) is 3.98. The van der Waals surface area contributed by atoms with Gasteiger partial charge in [-0.15, -0.1) is 12.4 Å². The zero-order valence-electron chi connectivity index (χ0n) is 14.1. The zero-order valence-corrected chi connectivity index (χ0v) is 15.7. The molecule has 1 aromatic rings. The number of hydrogen-bond acceptors (Lipinski definition) is 5. The highest BCUT2D eigenvalue weighted by atomic mass is 35.5. The summed E-state index contributed by atoms with van der Waals surface area (Å²) in [7, 11) is 0. The van der Waals surface area contributed by atoms with Crippen LogP contribution in [0.15, 0.2) is 18.2 Å². The van der Waals surface area contributed by atoms with Crippen molar-refractivity contribution in [2.75, 3.05) is 26.2 Å². The van der Waals surface area contributed by atoms with Gasteiger partial charge in [0.05, 0.1) is 16.5 Å². The molecule has 0 saturated carbocycles. The Labute approximate surface area is 162 Å². The van der Waals surface area contributed by atoms with Gasteiger partial charge in [-0.1, -0.05) is 17.7 Å². The number of nitro benzene ring substituents is 1. The number of nitro groups is 1. The van der Waals surface area contributed by atoms with Crippen LogP contribution in [-0.2, 0) is 4.79 Å². The van der Waals surface area contributed by atoms with Gasteiger partial charge in [-0.3, -0.25) is 19.7 Å². The Hall–Kier alpha value is -1.90. The van der Waals surface area contributed by atoms with E-state index >= 15 is 0 Å². The summed E-state index contributed by atoms with van der Waals surface area (Å²) in [5, 5.41) is 19.4. The van der Waals surface area contributed by atoms with Crippen molar-refractivity contribution in [3.05, 3.63) is 38.9 Å². The molecule has 1 heterocycles. The maximum absolute atomic E-state index is 12.1. The number of hydrogen-bond donors (Lipinski definition) is 3. The van der Waals surface area contributed by atoms with Crippen LogP contribution in [0.25, 0.3) is 0 Å². The lowest BCUT2D eigenvalue weighted by atomic mass is 9.96. The number of halogens is 2. The summed E-state index contributed by atoms with van der Waals surface area (Å²) in [4.78, 5) is 34.3. The van der Waals surface area contributed by atoms with Gasteiger partial charge in [-0.2, -0.15) is 0 Å². The molecule has 1 saturated heterocycles. The van der Waals surface area contributed by atoms with Gasteiger partial charge in [0.25, 0.3) is 11.6 Å². The SMILES string of the molecule is Cl.O=C(CNC(=O)c1c(Cl)cccc1[N+](=O)[O-])NCCC1CCCNC1. The maximum Gasteiger partial charge on any atom is 0.283 e. The van der Waals surface area contributed by atoms with Gasteiger partial charge in [-0.25, -0.2) is 0 Å². The van der Waals surface area contributed by atoms with Crippen molar-refractivity contribution in [3.63, 3.8) is 0 Å². The van der Waals surface area contributed by atoms with Gasteiger partial charge in [0, 0.05) is 12.6 Å². The van der Waals surface area contributed by atoms with Crippen LogP contribution < -0.4 is 16.0 Å². The predicted molar refractivity (Wildman–Crippen MR) is 101 cm³/mol. The fourth-order valence-corrected chi connectivity index (χ4v) is 3.04. The molecule has 26 heavy (non-hydrogen) atoms. The van der Waals surface area contributed by atoms with Crippen molar-refractivity contribution in [1.82, 2.24) is 16.0 Å². The minimum Gasteiger partial charge on any atom is -0.355 e. The molecule has 1 fully saturated rings. The van der Waals surface area contributed by atoms with E-state index < -0.39 is 16.5 Å². The highest BCUT2D eigenvalue weighted by Crippen LogP contribution is 2.25. The first-order chi connectivity index (χ1) is 12.0. The molecule has 0 bridgehead atoms. The number of carbonyl (C=O) groups is 2. The Morgan fingerprint density at radius 1 is 1.35 bits per heavy atom. The molecule has 10 heteroatoms. The number of nitrogens with one attached hydrogen (secondary N) is 3. The van der Waals surface area contributed by atoms with E-state index in [4.69, 9.17) is 11.6 Å². The molecule has 0 aromatic heterocycles. The molecule has 3 N–H and O–H groups in total. The first-order valence-corrected chi connectivity index (χ1v) is 8.55. The molecule has 144 valence electrons. The lowest BCUT2D eigenvalue weighted by molar-refractivity contribution is -0.385. The first kappa shape index (κ1) is 22.1. The molecule has 8 nitrogen and oxygen atoms in total. The minimum absolute atomic E-state index is 0. The molecular formula is C16H22Cl2N4O4. The Morgan fingerprint density at radius 3 is 2.77 bits per heavy atom. The standard InChI is InChI=1S/C16H21ClN4O4.ClH/c17-12-4-1-5-13(21(24)25)15(12)16(23)20-10-14(22)19-8-6-11-3-2-7-18-9-11;/h1,4-5,11,18H,2-3,6-10H2,(H,19,22)(H,20,23);1H.